The number of halogens is 2. The van der Waals surface area contributed by atoms with Crippen LogP contribution in [0.1, 0.15) is 12.8 Å². The summed E-state index contributed by atoms with van der Waals surface area (Å²) in [4.78, 5) is 0. The minimum absolute atomic E-state index is 0. The molecule has 0 radical (unpaired) electrons. The van der Waals surface area contributed by atoms with Crippen molar-refractivity contribution >= 4 is 45.2 Å². The summed E-state index contributed by atoms with van der Waals surface area (Å²) in [6, 6.07) is 14.2. The molecule has 2 aromatic rings. The fourth-order valence-corrected chi connectivity index (χ4v) is 2.69. The third-order valence-corrected chi connectivity index (χ3v) is 4.13. The Kier molecular flexibility index (Phi) is 17.0. The molecule has 2 aliphatic rings. The van der Waals surface area contributed by atoms with Gasteiger partial charge in [0.1, 0.15) is 11.5 Å². The first-order valence-electron chi connectivity index (χ1n) is 7.90. The van der Waals surface area contributed by atoms with Crippen molar-refractivity contribution in [3.8, 4) is 11.5 Å². The second-order valence-corrected chi connectivity index (χ2v) is 7.46. The van der Waals surface area contributed by atoms with Crippen molar-refractivity contribution in [2.45, 2.75) is 12.8 Å². The topological polar surface area (TPSA) is 40.5 Å². The molecule has 0 aromatic heterocycles. The molecule has 2 nitrogen and oxygen atoms in total. The first kappa shape index (κ1) is 26.3. The van der Waals surface area contributed by atoms with Crippen molar-refractivity contribution in [1.82, 2.24) is 0 Å². The SMILES string of the molecule is Oc1cccc(I)c1.Oc1cccc(I)c1.[C-]1=CC=CC1.[C-]1=CC=CC1.[Zr+2]. The van der Waals surface area contributed by atoms with E-state index in [1.54, 1.807) is 24.3 Å². The average Bonchev–Trinajstić information content (AvgIpc) is 3.34. The van der Waals surface area contributed by atoms with Crippen LogP contribution in [0.15, 0.2) is 85.0 Å². The molecule has 0 fully saturated rings. The molecule has 4 rings (SSSR count). The first-order valence-corrected chi connectivity index (χ1v) is 10.1. The standard InChI is InChI=1S/2C6H5IO.2C5H5.Zr/c2*7-5-2-1-3-6(8)4-5;2*1-2-4-5-3-1;/h2*1-4,8H;2*1-3H,4H2;/q;;2*-1;+2. The Morgan fingerprint density at radius 2 is 1.11 bits per heavy atom. The number of allylic oxidation sites excluding steroid dienone is 8. The molecule has 0 amide bonds. The van der Waals surface area contributed by atoms with Crippen LogP contribution in [0.4, 0.5) is 0 Å². The summed E-state index contributed by atoms with van der Waals surface area (Å²) in [7, 11) is 0. The Hall–Kier alpha value is -0.657. The Bertz CT molecular complexity index is 648. The second kappa shape index (κ2) is 17.4. The largest absolute Gasteiger partial charge is 2.00 e. The maximum atomic E-state index is 8.81. The van der Waals surface area contributed by atoms with Crippen molar-refractivity contribution < 1.29 is 36.4 Å². The van der Waals surface area contributed by atoms with E-state index in [9.17, 15) is 0 Å². The number of hydrogen-bond donors (Lipinski definition) is 2. The first-order chi connectivity index (χ1) is 12.6. The molecule has 0 spiro atoms. The van der Waals surface area contributed by atoms with Crippen LogP contribution >= 0.6 is 45.2 Å². The van der Waals surface area contributed by atoms with E-state index in [4.69, 9.17) is 10.2 Å². The molecule has 0 unspecified atom stereocenters. The third kappa shape index (κ3) is 16.0. The summed E-state index contributed by atoms with van der Waals surface area (Å²) in [5.74, 6) is 0.661. The molecule has 0 saturated carbocycles. The van der Waals surface area contributed by atoms with Crippen LogP contribution < -0.4 is 0 Å². The number of rotatable bonds is 0. The number of hydrogen-bond acceptors (Lipinski definition) is 2. The van der Waals surface area contributed by atoms with E-state index in [1.807, 2.05) is 48.6 Å². The zero-order chi connectivity index (χ0) is 19.0. The number of phenolic OH excluding ortho intramolecular Hbond substituents is 2. The van der Waals surface area contributed by atoms with Gasteiger partial charge in [-0.2, -0.15) is 12.2 Å². The molecule has 2 aromatic carbocycles. The van der Waals surface area contributed by atoms with Gasteiger partial charge < -0.3 is 10.2 Å². The number of aromatic hydroxyl groups is 2. The molecule has 0 atom stereocenters. The third-order valence-electron chi connectivity index (χ3n) is 2.79. The Morgan fingerprint density at radius 3 is 1.26 bits per heavy atom. The molecule has 0 bridgehead atoms. The van der Waals surface area contributed by atoms with E-state index in [1.165, 1.54) is 0 Å². The van der Waals surface area contributed by atoms with Gasteiger partial charge in [-0.15, -0.1) is 12.8 Å². The zero-order valence-corrected chi connectivity index (χ0v) is 21.4. The second-order valence-electron chi connectivity index (χ2n) is 4.97. The van der Waals surface area contributed by atoms with Gasteiger partial charge in [-0.25, -0.2) is 24.3 Å². The van der Waals surface area contributed by atoms with Crippen LogP contribution in [0, 0.1) is 19.3 Å². The Balaban J connectivity index is 0.000000337. The van der Waals surface area contributed by atoms with Gasteiger partial charge in [-0.05, 0) is 81.6 Å². The quantitative estimate of drug-likeness (QED) is 0.247. The van der Waals surface area contributed by atoms with Crippen LogP contribution in [-0.4, -0.2) is 10.2 Å². The molecule has 0 saturated heterocycles. The predicted molar refractivity (Wildman–Crippen MR) is 125 cm³/mol. The van der Waals surface area contributed by atoms with E-state index in [0.717, 1.165) is 20.0 Å². The van der Waals surface area contributed by atoms with Crippen molar-refractivity contribution in [2.75, 3.05) is 0 Å². The van der Waals surface area contributed by atoms with Crippen LogP contribution in [0.5, 0.6) is 11.5 Å². The Morgan fingerprint density at radius 1 is 0.704 bits per heavy atom. The molecule has 5 heteroatoms. The smallest absolute Gasteiger partial charge is 0.508 e. The number of phenols is 2. The molecule has 2 N–H and O–H groups in total. The van der Waals surface area contributed by atoms with Gasteiger partial charge in [0, 0.05) is 7.14 Å². The predicted octanol–water partition coefficient (Wildman–Crippen LogP) is 6.60. The van der Waals surface area contributed by atoms with E-state index in [0.29, 0.717) is 11.5 Å². The summed E-state index contributed by atoms with van der Waals surface area (Å²) < 4.78 is 2.12. The maximum absolute atomic E-state index is 8.81. The van der Waals surface area contributed by atoms with Crippen molar-refractivity contribution in [1.29, 1.82) is 0 Å². The maximum Gasteiger partial charge on any atom is 2.00 e. The monoisotopic (exact) mass is 660 g/mol. The van der Waals surface area contributed by atoms with E-state index in [-0.39, 0.29) is 26.2 Å². The van der Waals surface area contributed by atoms with Crippen LogP contribution in [0.3, 0.4) is 0 Å². The fourth-order valence-electron chi connectivity index (χ4n) is 1.63. The van der Waals surface area contributed by atoms with E-state index < -0.39 is 0 Å². The molecule has 27 heavy (non-hydrogen) atoms. The normalized spacial score (nSPS) is 11.9. The fraction of sp³-hybridized carbons (Fsp3) is 0.0909. The minimum atomic E-state index is 0. The van der Waals surface area contributed by atoms with Gasteiger partial charge in [0.2, 0.25) is 0 Å². The molecular weight excluding hydrogens is 641 g/mol. The van der Waals surface area contributed by atoms with Crippen LogP contribution in [0.2, 0.25) is 0 Å². The van der Waals surface area contributed by atoms with Crippen LogP contribution in [0.25, 0.3) is 0 Å². The van der Waals surface area contributed by atoms with E-state index in [2.05, 4.69) is 69.5 Å². The summed E-state index contributed by atoms with van der Waals surface area (Å²) in [5, 5.41) is 17.6. The Labute approximate surface area is 208 Å². The summed E-state index contributed by atoms with van der Waals surface area (Å²) >= 11 is 4.29. The van der Waals surface area contributed by atoms with Crippen molar-refractivity contribution in [3.63, 3.8) is 0 Å². The molecule has 2 aliphatic carbocycles. The van der Waals surface area contributed by atoms with Crippen molar-refractivity contribution in [3.05, 3.63) is 104 Å². The number of benzene rings is 2. The van der Waals surface area contributed by atoms with Crippen LogP contribution in [-0.2, 0) is 26.2 Å². The zero-order valence-electron chi connectivity index (χ0n) is 14.6. The summed E-state index contributed by atoms with van der Waals surface area (Å²) in [6.45, 7) is 0. The molecule has 138 valence electrons. The van der Waals surface area contributed by atoms with Crippen molar-refractivity contribution in [2.24, 2.45) is 0 Å². The average molecular weight is 661 g/mol. The van der Waals surface area contributed by atoms with Gasteiger partial charge in [-0.1, -0.05) is 12.1 Å². The molecule has 0 heterocycles. The summed E-state index contributed by atoms with van der Waals surface area (Å²) in [5.41, 5.74) is 0. The minimum Gasteiger partial charge on any atom is -0.508 e. The van der Waals surface area contributed by atoms with E-state index >= 15 is 0 Å². The summed E-state index contributed by atoms with van der Waals surface area (Å²) in [6.07, 6.45) is 20.0. The van der Waals surface area contributed by atoms with Gasteiger partial charge in [0.05, 0.1) is 0 Å². The molecule has 0 aliphatic heterocycles. The van der Waals surface area contributed by atoms with Gasteiger partial charge >= 0.3 is 26.2 Å². The van der Waals surface area contributed by atoms with Gasteiger partial charge in [-0.3, -0.25) is 12.2 Å². The molecular formula is C22H20I2O2Zr. The van der Waals surface area contributed by atoms with Gasteiger partial charge in [0.15, 0.2) is 0 Å². The van der Waals surface area contributed by atoms with Gasteiger partial charge in [0.25, 0.3) is 0 Å².